The van der Waals surface area contributed by atoms with Crippen molar-refractivity contribution >= 4 is 22.8 Å². The Morgan fingerprint density at radius 1 is 1.56 bits per heavy atom. The van der Waals surface area contributed by atoms with E-state index < -0.39 is 0 Å². The van der Waals surface area contributed by atoms with E-state index in [4.69, 9.17) is 14.5 Å². The van der Waals surface area contributed by atoms with Gasteiger partial charge in [0.05, 0.1) is 17.2 Å². The third-order valence-electron chi connectivity index (χ3n) is 3.20. The van der Waals surface area contributed by atoms with Crippen molar-refractivity contribution < 1.29 is 14.3 Å². The Hall–Kier alpha value is -0.550. The molecule has 3 atom stereocenters. The molecule has 0 aromatic carbocycles. The fourth-order valence-electron chi connectivity index (χ4n) is 2.21. The largest absolute Gasteiger partial charge is 0.463 e. The predicted octanol–water partition coefficient (Wildman–Crippen LogP) is 2.76. The maximum atomic E-state index is 10.8. The first-order valence-corrected chi connectivity index (χ1v) is 7.59. The molecule has 2 heterocycles. The van der Waals surface area contributed by atoms with Crippen molar-refractivity contribution in [1.82, 2.24) is 0 Å². The highest BCUT2D eigenvalue weighted by molar-refractivity contribution is 8.14. The van der Waals surface area contributed by atoms with Gasteiger partial charge < -0.3 is 9.47 Å². The zero-order valence-corrected chi connectivity index (χ0v) is 11.9. The van der Waals surface area contributed by atoms with Gasteiger partial charge in [0, 0.05) is 6.92 Å². The maximum Gasteiger partial charge on any atom is 0.302 e. The molecule has 0 N–H and O–H groups in total. The number of rotatable bonds is 5. The Morgan fingerprint density at radius 3 is 3.11 bits per heavy atom. The summed E-state index contributed by atoms with van der Waals surface area (Å²) in [6, 6.07) is 0.315. The third-order valence-corrected chi connectivity index (χ3v) is 4.44. The van der Waals surface area contributed by atoms with Gasteiger partial charge in [0.2, 0.25) is 0 Å². The van der Waals surface area contributed by atoms with E-state index in [1.54, 1.807) is 11.8 Å². The van der Waals surface area contributed by atoms with E-state index in [1.165, 1.54) is 24.8 Å². The number of esters is 1. The summed E-state index contributed by atoms with van der Waals surface area (Å²) in [5.74, 6) is -0.236. The average Bonchev–Trinajstić information content (AvgIpc) is 2.75. The molecule has 0 unspecified atom stereocenters. The summed E-state index contributed by atoms with van der Waals surface area (Å²) >= 11 is 1.76. The lowest BCUT2D eigenvalue weighted by atomic mass is 10.1. The van der Waals surface area contributed by atoms with Gasteiger partial charge in [-0.3, -0.25) is 9.79 Å². The number of carbonyl (C=O) groups is 1. The molecule has 0 aliphatic carbocycles. The number of aliphatic imine (C=N–C) groups is 1. The van der Waals surface area contributed by atoms with E-state index in [0.29, 0.717) is 12.6 Å². The Bertz CT molecular complexity index is 332. The minimum absolute atomic E-state index is 0.0448. The molecule has 1 saturated heterocycles. The summed E-state index contributed by atoms with van der Waals surface area (Å²) in [5, 5.41) is 1.24. The molecule has 2 aliphatic rings. The number of thioether (sulfide) groups is 1. The van der Waals surface area contributed by atoms with Gasteiger partial charge in [0.1, 0.15) is 12.0 Å². The quantitative estimate of drug-likeness (QED) is 0.721. The van der Waals surface area contributed by atoms with Crippen molar-refractivity contribution in [1.29, 1.82) is 0 Å². The zero-order chi connectivity index (χ0) is 13.0. The number of unbranched alkanes of at least 4 members (excludes halogenated alkanes) is 1. The van der Waals surface area contributed by atoms with Crippen molar-refractivity contribution in [2.24, 2.45) is 4.99 Å². The zero-order valence-electron chi connectivity index (χ0n) is 11.1. The highest BCUT2D eigenvalue weighted by atomic mass is 32.2. The van der Waals surface area contributed by atoms with Crippen LogP contribution in [0.2, 0.25) is 0 Å². The van der Waals surface area contributed by atoms with Crippen LogP contribution in [0.15, 0.2) is 4.99 Å². The van der Waals surface area contributed by atoms with E-state index in [1.807, 2.05) is 0 Å². The number of hydrogen-bond donors (Lipinski definition) is 0. The van der Waals surface area contributed by atoms with Crippen LogP contribution in [0.5, 0.6) is 0 Å². The standard InChI is InChI=1S/C13H21NO3S/c1-3-4-5-12-14-11-7-6-10(8-16-9(2)15)17-13(11)18-12/h10-11,13H,3-8H2,1-2H3/t10-,11-,13-/m1/s1. The Balaban J connectivity index is 1.77. The highest BCUT2D eigenvalue weighted by Crippen LogP contribution is 2.37. The molecular weight excluding hydrogens is 250 g/mol. The van der Waals surface area contributed by atoms with Crippen LogP contribution in [0.25, 0.3) is 0 Å². The number of ether oxygens (including phenoxy) is 2. The van der Waals surface area contributed by atoms with Crippen molar-refractivity contribution in [3.05, 3.63) is 0 Å². The van der Waals surface area contributed by atoms with Crippen LogP contribution in [0, 0.1) is 0 Å². The van der Waals surface area contributed by atoms with Crippen LogP contribution in [0.3, 0.4) is 0 Å². The summed E-state index contributed by atoms with van der Waals surface area (Å²) in [6.45, 7) is 4.00. The molecule has 4 nitrogen and oxygen atoms in total. The van der Waals surface area contributed by atoms with Gasteiger partial charge in [-0.05, 0) is 25.7 Å². The normalized spacial score (nSPS) is 30.8. The predicted molar refractivity (Wildman–Crippen MR) is 72.9 cm³/mol. The second kappa shape index (κ2) is 6.57. The SMILES string of the molecule is CCCCC1=N[C@@H]2CC[C@H](COC(C)=O)O[C@@H]2S1. The number of hydrogen-bond acceptors (Lipinski definition) is 5. The fourth-order valence-corrected chi connectivity index (χ4v) is 3.50. The number of nitrogens with zero attached hydrogens (tertiary/aromatic N) is 1. The monoisotopic (exact) mass is 271 g/mol. The van der Waals surface area contributed by atoms with Crippen molar-refractivity contribution in [2.75, 3.05) is 6.61 Å². The Labute approximate surface area is 113 Å². The molecule has 2 aliphatic heterocycles. The van der Waals surface area contributed by atoms with Gasteiger partial charge in [0.25, 0.3) is 0 Å². The molecule has 0 aromatic rings. The summed E-state index contributed by atoms with van der Waals surface area (Å²) in [6.07, 6.45) is 5.49. The summed E-state index contributed by atoms with van der Waals surface area (Å²) in [4.78, 5) is 15.5. The van der Waals surface area contributed by atoms with Gasteiger partial charge in [-0.25, -0.2) is 0 Å². The second-order valence-electron chi connectivity index (χ2n) is 4.82. The van der Waals surface area contributed by atoms with E-state index >= 15 is 0 Å². The Kier molecular flexibility index (Phi) is 5.06. The fraction of sp³-hybridized carbons (Fsp3) is 0.846. The molecule has 0 bridgehead atoms. The van der Waals surface area contributed by atoms with Crippen molar-refractivity contribution in [2.45, 2.75) is 63.5 Å². The lowest BCUT2D eigenvalue weighted by Gasteiger charge is -2.30. The van der Waals surface area contributed by atoms with E-state index in [-0.39, 0.29) is 17.5 Å². The molecule has 0 radical (unpaired) electrons. The molecule has 2 rings (SSSR count). The molecule has 0 spiro atoms. The lowest BCUT2D eigenvalue weighted by molar-refractivity contribution is -0.147. The average molecular weight is 271 g/mol. The van der Waals surface area contributed by atoms with Crippen LogP contribution < -0.4 is 0 Å². The minimum atomic E-state index is -0.236. The molecular formula is C13H21NO3S. The first-order valence-electron chi connectivity index (χ1n) is 6.71. The summed E-state index contributed by atoms with van der Waals surface area (Å²) < 4.78 is 11.0. The summed E-state index contributed by atoms with van der Waals surface area (Å²) in [7, 11) is 0. The lowest BCUT2D eigenvalue weighted by Crippen LogP contribution is -2.36. The van der Waals surface area contributed by atoms with E-state index in [9.17, 15) is 4.79 Å². The molecule has 0 saturated carbocycles. The molecule has 0 aromatic heterocycles. The molecule has 5 heteroatoms. The van der Waals surface area contributed by atoms with Crippen LogP contribution in [-0.4, -0.2) is 35.2 Å². The van der Waals surface area contributed by atoms with Crippen LogP contribution in [-0.2, 0) is 14.3 Å². The van der Waals surface area contributed by atoms with E-state index in [2.05, 4.69) is 6.92 Å². The van der Waals surface area contributed by atoms with Gasteiger partial charge >= 0.3 is 5.97 Å². The first-order chi connectivity index (χ1) is 8.69. The van der Waals surface area contributed by atoms with Gasteiger partial charge in [0.15, 0.2) is 0 Å². The second-order valence-corrected chi connectivity index (χ2v) is 5.99. The van der Waals surface area contributed by atoms with Gasteiger partial charge in [-0.1, -0.05) is 25.1 Å². The van der Waals surface area contributed by atoms with Crippen molar-refractivity contribution in [3.63, 3.8) is 0 Å². The first kappa shape index (κ1) is 13.9. The number of fused-ring (bicyclic) bond motifs is 1. The molecule has 0 amide bonds. The number of carbonyl (C=O) groups excluding carboxylic acids is 1. The van der Waals surface area contributed by atoms with Crippen LogP contribution in [0.1, 0.15) is 46.0 Å². The molecule has 1 fully saturated rings. The third kappa shape index (κ3) is 3.72. The molecule has 102 valence electrons. The van der Waals surface area contributed by atoms with Crippen LogP contribution in [0.4, 0.5) is 0 Å². The Morgan fingerprint density at radius 2 is 2.39 bits per heavy atom. The van der Waals surface area contributed by atoms with Crippen LogP contribution >= 0.6 is 11.8 Å². The maximum absolute atomic E-state index is 10.8. The van der Waals surface area contributed by atoms with Gasteiger partial charge in [-0.15, -0.1) is 0 Å². The topological polar surface area (TPSA) is 47.9 Å². The summed E-state index contributed by atoms with van der Waals surface area (Å²) in [5.41, 5.74) is 0.145. The highest BCUT2D eigenvalue weighted by Gasteiger charge is 2.36. The van der Waals surface area contributed by atoms with Crippen molar-refractivity contribution in [3.8, 4) is 0 Å². The molecule has 18 heavy (non-hydrogen) atoms. The minimum Gasteiger partial charge on any atom is -0.463 e. The smallest absolute Gasteiger partial charge is 0.302 e. The van der Waals surface area contributed by atoms with Gasteiger partial charge in [-0.2, -0.15) is 0 Å². The van der Waals surface area contributed by atoms with E-state index in [0.717, 1.165) is 19.3 Å².